The number of amides is 1. The Morgan fingerprint density at radius 1 is 1.38 bits per heavy atom. The summed E-state index contributed by atoms with van der Waals surface area (Å²) in [5, 5.41) is 13.4. The van der Waals surface area contributed by atoms with E-state index in [1.807, 2.05) is 19.1 Å². The Morgan fingerprint density at radius 3 is 2.86 bits per heavy atom. The van der Waals surface area contributed by atoms with Crippen LogP contribution in [0.3, 0.4) is 0 Å². The van der Waals surface area contributed by atoms with Gasteiger partial charge in [0.1, 0.15) is 5.54 Å². The highest BCUT2D eigenvalue weighted by Gasteiger charge is 2.35. The van der Waals surface area contributed by atoms with Crippen LogP contribution in [0.2, 0.25) is 0 Å². The molecule has 1 aromatic carbocycles. The summed E-state index contributed by atoms with van der Waals surface area (Å²) in [7, 11) is 0. The number of carbonyl (C=O) groups is 1. The first-order valence-electron chi connectivity index (χ1n) is 10.0. The van der Waals surface area contributed by atoms with E-state index in [2.05, 4.69) is 16.4 Å². The van der Waals surface area contributed by atoms with Crippen molar-refractivity contribution in [3.8, 4) is 6.07 Å². The molecule has 1 fully saturated rings. The molecule has 29 heavy (non-hydrogen) atoms. The van der Waals surface area contributed by atoms with E-state index in [1.165, 1.54) is 11.8 Å². The first kappa shape index (κ1) is 21.3. The number of ether oxygens (including phenoxy) is 1. The summed E-state index contributed by atoms with van der Waals surface area (Å²) in [6, 6.07) is 9.49. The van der Waals surface area contributed by atoms with Crippen LogP contribution >= 0.6 is 11.8 Å². The Balaban J connectivity index is 1.77. The molecule has 1 heterocycles. The van der Waals surface area contributed by atoms with E-state index in [9.17, 15) is 14.9 Å². The third-order valence-electron chi connectivity index (χ3n) is 5.08. The van der Waals surface area contributed by atoms with Crippen molar-refractivity contribution >= 4 is 28.6 Å². The number of carbonyl (C=O) groups excluding carboxylic acids is 1. The van der Waals surface area contributed by atoms with Crippen LogP contribution in [0.25, 0.3) is 10.9 Å². The molecule has 1 amide bonds. The van der Waals surface area contributed by atoms with Crippen LogP contribution in [0, 0.1) is 11.3 Å². The number of fused-ring (bicyclic) bond motifs is 1. The Bertz CT molecular complexity index is 961. The Kier molecular flexibility index (Phi) is 7.29. The van der Waals surface area contributed by atoms with Gasteiger partial charge in [0.25, 0.3) is 5.56 Å². The topological polar surface area (TPSA) is 97.0 Å². The zero-order chi connectivity index (χ0) is 20.7. The second-order valence-corrected chi connectivity index (χ2v) is 8.10. The third-order valence-corrected chi connectivity index (χ3v) is 6.06. The molecule has 7 nitrogen and oxygen atoms in total. The maximum atomic E-state index is 13.0. The lowest BCUT2D eigenvalue weighted by Crippen LogP contribution is -2.45. The molecule has 1 saturated carbocycles. The van der Waals surface area contributed by atoms with Crippen LogP contribution in [0.5, 0.6) is 0 Å². The van der Waals surface area contributed by atoms with E-state index in [-0.39, 0.29) is 17.2 Å². The summed E-state index contributed by atoms with van der Waals surface area (Å²) in [6.07, 6.45) is 3.97. The van der Waals surface area contributed by atoms with Crippen LogP contribution in [0.1, 0.15) is 39.0 Å². The number of thioether (sulfide) groups is 1. The lowest BCUT2D eigenvalue weighted by atomic mass is 10.0. The van der Waals surface area contributed by atoms with Crippen LogP contribution in [-0.2, 0) is 16.1 Å². The zero-order valence-corrected chi connectivity index (χ0v) is 17.5. The second kappa shape index (κ2) is 9.90. The van der Waals surface area contributed by atoms with Crippen molar-refractivity contribution in [1.29, 1.82) is 5.26 Å². The van der Waals surface area contributed by atoms with Crippen molar-refractivity contribution in [1.82, 2.24) is 14.9 Å². The van der Waals surface area contributed by atoms with Crippen molar-refractivity contribution in [3.05, 3.63) is 34.6 Å². The molecule has 154 valence electrons. The molecule has 1 aromatic heterocycles. The number of nitrogens with zero attached hydrogens (tertiary/aromatic N) is 3. The zero-order valence-electron chi connectivity index (χ0n) is 16.6. The molecule has 0 aliphatic heterocycles. The van der Waals surface area contributed by atoms with Gasteiger partial charge in [-0.15, -0.1) is 0 Å². The van der Waals surface area contributed by atoms with Crippen LogP contribution in [0.15, 0.2) is 34.2 Å². The fraction of sp³-hybridized carbons (Fsp3) is 0.524. The van der Waals surface area contributed by atoms with Gasteiger partial charge < -0.3 is 10.1 Å². The summed E-state index contributed by atoms with van der Waals surface area (Å²) < 4.78 is 7.00. The number of hydrogen-bond acceptors (Lipinski definition) is 6. The molecule has 3 rings (SSSR count). The van der Waals surface area contributed by atoms with Gasteiger partial charge in [0.05, 0.1) is 22.7 Å². The molecule has 2 aromatic rings. The van der Waals surface area contributed by atoms with Crippen molar-refractivity contribution < 1.29 is 9.53 Å². The highest BCUT2D eigenvalue weighted by molar-refractivity contribution is 7.99. The quantitative estimate of drug-likeness (QED) is 0.385. The van der Waals surface area contributed by atoms with Gasteiger partial charge >= 0.3 is 0 Å². The minimum Gasteiger partial charge on any atom is -0.382 e. The van der Waals surface area contributed by atoms with Crippen molar-refractivity contribution in [2.24, 2.45) is 0 Å². The summed E-state index contributed by atoms with van der Waals surface area (Å²) in [5.41, 5.74) is -0.240. The predicted molar refractivity (Wildman–Crippen MR) is 113 cm³/mol. The summed E-state index contributed by atoms with van der Waals surface area (Å²) in [6.45, 7) is 3.60. The minimum atomic E-state index is -0.744. The molecular weight excluding hydrogens is 388 g/mol. The largest absolute Gasteiger partial charge is 0.382 e. The van der Waals surface area contributed by atoms with Crippen molar-refractivity contribution in [3.63, 3.8) is 0 Å². The molecule has 0 spiro atoms. The van der Waals surface area contributed by atoms with Gasteiger partial charge in [0.15, 0.2) is 5.16 Å². The van der Waals surface area contributed by atoms with Gasteiger partial charge in [-0.2, -0.15) is 5.26 Å². The standard InChI is InChI=1S/C21H26N4O3S/c1-2-28-13-7-12-25-19(27)16-8-3-4-9-17(16)23-20(25)29-14-18(26)24-21(15-22)10-5-6-11-21/h3-4,8-9H,2,5-7,10-14H2,1H3,(H,24,26). The molecule has 1 aliphatic carbocycles. The second-order valence-electron chi connectivity index (χ2n) is 7.16. The Hall–Kier alpha value is -2.37. The lowest BCUT2D eigenvalue weighted by molar-refractivity contribution is -0.119. The fourth-order valence-electron chi connectivity index (χ4n) is 3.60. The number of para-hydroxylation sites is 1. The van der Waals surface area contributed by atoms with Crippen molar-refractivity contribution in [2.75, 3.05) is 19.0 Å². The third kappa shape index (κ3) is 5.17. The van der Waals surface area contributed by atoms with E-state index in [1.54, 1.807) is 16.7 Å². The monoisotopic (exact) mass is 414 g/mol. The average molecular weight is 415 g/mol. The highest BCUT2D eigenvalue weighted by atomic mass is 32.2. The Labute approximate surface area is 174 Å². The molecular formula is C21H26N4O3S. The highest BCUT2D eigenvalue weighted by Crippen LogP contribution is 2.29. The number of benzene rings is 1. The summed E-state index contributed by atoms with van der Waals surface area (Å²) >= 11 is 1.23. The molecule has 0 radical (unpaired) electrons. The Morgan fingerprint density at radius 2 is 2.14 bits per heavy atom. The average Bonchev–Trinajstić information content (AvgIpc) is 3.20. The van der Waals surface area contributed by atoms with Gasteiger partial charge in [0, 0.05) is 19.8 Å². The van der Waals surface area contributed by atoms with Crippen molar-refractivity contribution in [2.45, 2.75) is 56.3 Å². The maximum Gasteiger partial charge on any atom is 0.262 e. The molecule has 1 aliphatic rings. The van der Waals surface area contributed by atoms with Crippen LogP contribution in [-0.4, -0.2) is 40.0 Å². The molecule has 8 heteroatoms. The van der Waals surface area contributed by atoms with Gasteiger partial charge in [-0.3, -0.25) is 14.2 Å². The van der Waals surface area contributed by atoms with Crippen LogP contribution < -0.4 is 10.9 Å². The SMILES string of the molecule is CCOCCCn1c(SCC(=O)NC2(C#N)CCCC2)nc2ccccc2c1=O. The molecule has 0 unspecified atom stereocenters. The number of nitriles is 1. The normalized spacial score (nSPS) is 15.3. The first-order valence-corrected chi connectivity index (χ1v) is 11.0. The predicted octanol–water partition coefficient (Wildman–Crippen LogP) is 2.87. The minimum absolute atomic E-state index is 0.111. The first-order chi connectivity index (χ1) is 14.1. The van der Waals surface area contributed by atoms with Gasteiger partial charge in [-0.05, 0) is 51.2 Å². The smallest absolute Gasteiger partial charge is 0.262 e. The van der Waals surface area contributed by atoms with E-state index in [0.29, 0.717) is 55.1 Å². The van der Waals surface area contributed by atoms with E-state index >= 15 is 0 Å². The number of nitrogens with one attached hydrogen (secondary N) is 1. The molecule has 0 bridgehead atoms. The molecule has 0 saturated heterocycles. The number of aromatic nitrogens is 2. The maximum absolute atomic E-state index is 13.0. The fourth-order valence-corrected chi connectivity index (χ4v) is 4.43. The number of hydrogen-bond donors (Lipinski definition) is 1. The van der Waals surface area contributed by atoms with E-state index in [0.717, 1.165) is 12.8 Å². The summed E-state index contributed by atoms with van der Waals surface area (Å²) in [5.74, 6) is -0.0960. The lowest BCUT2D eigenvalue weighted by Gasteiger charge is -2.22. The molecule has 1 N–H and O–H groups in total. The van der Waals surface area contributed by atoms with Gasteiger partial charge in [-0.1, -0.05) is 23.9 Å². The van der Waals surface area contributed by atoms with E-state index in [4.69, 9.17) is 4.74 Å². The van der Waals surface area contributed by atoms with Gasteiger partial charge in [0.2, 0.25) is 5.91 Å². The van der Waals surface area contributed by atoms with Crippen LogP contribution in [0.4, 0.5) is 0 Å². The summed E-state index contributed by atoms with van der Waals surface area (Å²) in [4.78, 5) is 30.1. The number of rotatable bonds is 9. The van der Waals surface area contributed by atoms with E-state index < -0.39 is 5.54 Å². The van der Waals surface area contributed by atoms with Gasteiger partial charge in [-0.25, -0.2) is 4.98 Å². The molecule has 0 atom stereocenters.